The highest BCUT2D eigenvalue weighted by Gasteiger charge is 2.51. The molecule has 0 unspecified atom stereocenters. The zero-order chi connectivity index (χ0) is 14.9. The minimum Gasteiger partial charge on any atom is -0.366 e. The Balaban J connectivity index is 1.76. The molecule has 0 heterocycles. The highest BCUT2D eigenvalue weighted by Crippen LogP contribution is 2.48. The number of amides is 2. The summed E-state index contributed by atoms with van der Waals surface area (Å²) in [5, 5.41) is 2.92. The van der Waals surface area contributed by atoms with E-state index >= 15 is 0 Å². The van der Waals surface area contributed by atoms with Gasteiger partial charge in [0.1, 0.15) is 0 Å². The first-order chi connectivity index (χ1) is 10.1. The van der Waals surface area contributed by atoms with Crippen LogP contribution in [0.3, 0.4) is 0 Å². The van der Waals surface area contributed by atoms with Gasteiger partial charge >= 0.3 is 0 Å². The van der Waals surface area contributed by atoms with Gasteiger partial charge in [-0.3, -0.25) is 9.59 Å². The Bertz CT molecular complexity index is 674. The molecule has 2 amide bonds. The lowest BCUT2D eigenvalue weighted by Gasteiger charge is -2.15. The number of hydrogen-bond donors (Lipinski definition) is 2. The number of nitrogens with two attached hydrogens (primary N) is 1. The summed E-state index contributed by atoms with van der Waals surface area (Å²) >= 11 is 0. The Hall–Kier alpha value is -2.62. The molecule has 0 aromatic heterocycles. The molecule has 0 saturated heterocycles. The summed E-state index contributed by atoms with van der Waals surface area (Å²) in [6, 6.07) is 16.4. The summed E-state index contributed by atoms with van der Waals surface area (Å²) in [5.74, 6) is -0.476. The third-order valence-electron chi connectivity index (χ3n) is 3.94. The molecule has 3 N–H and O–H groups in total. The van der Waals surface area contributed by atoms with Gasteiger partial charge in [-0.25, -0.2) is 0 Å². The van der Waals surface area contributed by atoms with Gasteiger partial charge in [-0.15, -0.1) is 0 Å². The van der Waals surface area contributed by atoms with Crippen LogP contribution in [0.25, 0.3) is 0 Å². The zero-order valence-electron chi connectivity index (χ0n) is 11.5. The van der Waals surface area contributed by atoms with E-state index in [0.717, 1.165) is 18.4 Å². The molecule has 106 valence electrons. The molecule has 0 spiro atoms. The first-order valence-corrected chi connectivity index (χ1v) is 6.89. The van der Waals surface area contributed by atoms with Crippen molar-refractivity contribution in [3.8, 4) is 0 Å². The molecule has 2 aromatic carbocycles. The molecule has 1 aliphatic rings. The van der Waals surface area contributed by atoms with E-state index in [1.165, 1.54) is 0 Å². The van der Waals surface area contributed by atoms with E-state index in [9.17, 15) is 9.59 Å². The van der Waals surface area contributed by atoms with Gasteiger partial charge in [0, 0.05) is 11.3 Å². The van der Waals surface area contributed by atoms with Gasteiger partial charge in [-0.2, -0.15) is 0 Å². The quantitative estimate of drug-likeness (QED) is 0.903. The number of anilines is 1. The number of rotatable bonds is 4. The van der Waals surface area contributed by atoms with E-state index in [-0.39, 0.29) is 5.91 Å². The summed E-state index contributed by atoms with van der Waals surface area (Å²) in [7, 11) is 0. The van der Waals surface area contributed by atoms with Crippen LogP contribution in [0.5, 0.6) is 0 Å². The summed E-state index contributed by atoms with van der Waals surface area (Å²) in [4.78, 5) is 23.5. The van der Waals surface area contributed by atoms with E-state index in [1.807, 2.05) is 30.3 Å². The Labute approximate surface area is 123 Å². The van der Waals surface area contributed by atoms with E-state index in [0.29, 0.717) is 11.3 Å². The fraction of sp³-hybridized carbons (Fsp3) is 0.176. The minimum absolute atomic E-state index is 0.000486. The summed E-state index contributed by atoms with van der Waals surface area (Å²) in [6.07, 6.45) is 1.73. The molecule has 0 aliphatic heterocycles. The molecule has 1 aliphatic carbocycles. The molecule has 3 rings (SSSR count). The molecule has 0 bridgehead atoms. The van der Waals surface area contributed by atoms with Gasteiger partial charge in [0.05, 0.1) is 5.41 Å². The van der Waals surface area contributed by atoms with Gasteiger partial charge in [-0.05, 0) is 42.7 Å². The van der Waals surface area contributed by atoms with Gasteiger partial charge in [-0.1, -0.05) is 30.3 Å². The van der Waals surface area contributed by atoms with Crippen molar-refractivity contribution in [3.05, 3.63) is 65.7 Å². The van der Waals surface area contributed by atoms with Crippen molar-refractivity contribution < 1.29 is 9.59 Å². The number of carbonyl (C=O) groups excluding carboxylic acids is 2. The molecular formula is C17H16N2O2. The third kappa shape index (κ3) is 2.52. The Kier molecular flexibility index (Phi) is 3.22. The standard InChI is InChI=1S/C17H16N2O2/c18-15(20)12-6-8-14(9-7-12)19-16(21)17(10-11-17)13-4-2-1-3-5-13/h1-9H,10-11H2,(H2,18,20)(H,19,21). The van der Waals surface area contributed by atoms with Gasteiger partial charge < -0.3 is 11.1 Å². The predicted octanol–water partition coefficient (Wildman–Crippen LogP) is 2.46. The van der Waals surface area contributed by atoms with Gasteiger partial charge in [0.25, 0.3) is 0 Å². The van der Waals surface area contributed by atoms with E-state index < -0.39 is 11.3 Å². The van der Waals surface area contributed by atoms with Crippen LogP contribution in [-0.2, 0) is 10.2 Å². The van der Waals surface area contributed by atoms with Crippen LogP contribution in [-0.4, -0.2) is 11.8 Å². The van der Waals surface area contributed by atoms with Gasteiger partial charge in [0.2, 0.25) is 11.8 Å². The molecule has 2 aromatic rings. The van der Waals surface area contributed by atoms with Crippen LogP contribution >= 0.6 is 0 Å². The predicted molar refractivity (Wildman–Crippen MR) is 80.9 cm³/mol. The van der Waals surface area contributed by atoms with E-state index in [1.54, 1.807) is 24.3 Å². The molecule has 4 heteroatoms. The highest BCUT2D eigenvalue weighted by molar-refractivity contribution is 6.01. The fourth-order valence-corrected chi connectivity index (χ4v) is 2.50. The SMILES string of the molecule is NC(=O)c1ccc(NC(=O)C2(c3ccccc3)CC2)cc1. The third-order valence-corrected chi connectivity index (χ3v) is 3.94. The molecule has 0 radical (unpaired) electrons. The monoisotopic (exact) mass is 280 g/mol. The van der Waals surface area contributed by atoms with Crippen molar-refractivity contribution in [1.29, 1.82) is 0 Å². The number of benzene rings is 2. The smallest absolute Gasteiger partial charge is 0.248 e. The van der Waals surface area contributed by atoms with Crippen molar-refractivity contribution in [3.63, 3.8) is 0 Å². The second kappa shape index (κ2) is 5.05. The second-order valence-electron chi connectivity index (χ2n) is 5.34. The van der Waals surface area contributed by atoms with Crippen molar-refractivity contribution >= 4 is 17.5 Å². The Morgan fingerprint density at radius 1 is 0.952 bits per heavy atom. The number of primary amides is 1. The maximum Gasteiger partial charge on any atom is 0.248 e. The summed E-state index contributed by atoms with van der Waals surface area (Å²) < 4.78 is 0. The average molecular weight is 280 g/mol. The van der Waals surface area contributed by atoms with E-state index in [2.05, 4.69) is 5.32 Å². The fourth-order valence-electron chi connectivity index (χ4n) is 2.50. The molecule has 4 nitrogen and oxygen atoms in total. The van der Waals surface area contributed by atoms with Crippen molar-refractivity contribution in [2.24, 2.45) is 5.73 Å². The van der Waals surface area contributed by atoms with Crippen molar-refractivity contribution in [2.75, 3.05) is 5.32 Å². The lowest BCUT2D eigenvalue weighted by Crippen LogP contribution is -2.27. The largest absolute Gasteiger partial charge is 0.366 e. The van der Waals surface area contributed by atoms with E-state index in [4.69, 9.17) is 5.73 Å². The zero-order valence-corrected chi connectivity index (χ0v) is 11.5. The summed E-state index contributed by atoms with van der Waals surface area (Å²) in [5.41, 5.74) is 6.95. The maximum absolute atomic E-state index is 12.5. The minimum atomic E-state index is -0.476. The van der Waals surface area contributed by atoms with Crippen LogP contribution in [0.1, 0.15) is 28.8 Å². The van der Waals surface area contributed by atoms with Crippen LogP contribution < -0.4 is 11.1 Å². The molecule has 0 atom stereocenters. The second-order valence-corrected chi connectivity index (χ2v) is 5.34. The lowest BCUT2D eigenvalue weighted by molar-refractivity contribution is -0.118. The van der Waals surface area contributed by atoms with Crippen LogP contribution in [0.15, 0.2) is 54.6 Å². The molecule has 1 saturated carbocycles. The van der Waals surface area contributed by atoms with Gasteiger partial charge in [0.15, 0.2) is 0 Å². The van der Waals surface area contributed by atoms with Crippen molar-refractivity contribution in [2.45, 2.75) is 18.3 Å². The maximum atomic E-state index is 12.5. The van der Waals surface area contributed by atoms with Crippen LogP contribution in [0.4, 0.5) is 5.69 Å². The molecule has 1 fully saturated rings. The Morgan fingerprint density at radius 2 is 1.57 bits per heavy atom. The Morgan fingerprint density at radius 3 is 2.10 bits per heavy atom. The van der Waals surface area contributed by atoms with Crippen molar-refractivity contribution in [1.82, 2.24) is 0 Å². The molecule has 21 heavy (non-hydrogen) atoms. The topological polar surface area (TPSA) is 72.2 Å². The van der Waals surface area contributed by atoms with Crippen LogP contribution in [0, 0.1) is 0 Å². The number of nitrogens with one attached hydrogen (secondary N) is 1. The normalized spacial score (nSPS) is 15.2. The van der Waals surface area contributed by atoms with Crippen LogP contribution in [0.2, 0.25) is 0 Å². The number of carbonyl (C=O) groups is 2. The average Bonchev–Trinajstić information content (AvgIpc) is 3.30. The first-order valence-electron chi connectivity index (χ1n) is 6.89. The molecular weight excluding hydrogens is 264 g/mol. The first kappa shape index (κ1) is 13.4. The lowest BCUT2D eigenvalue weighted by atomic mass is 9.95. The summed E-state index contributed by atoms with van der Waals surface area (Å²) in [6.45, 7) is 0. The highest BCUT2D eigenvalue weighted by atomic mass is 16.2. The number of hydrogen-bond acceptors (Lipinski definition) is 2.